The van der Waals surface area contributed by atoms with Gasteiger partial charge in [-0.25, -0.2) is 0 Å². The second kappa shape index (κ2) is 3.01. The van der Waals surface area contributed by atoms with Gasteiger partial charge in [0.25, 0.3) is 0 Å². The van der Waals surface area contributed by atoms with Crippen molar-refractivity contribution in [3.05, 3.63) is 35.6 Å². The Labute approximate surface area is 76.1 Å². The lowest BCUT2D eigenvalue weighted by molar-refractivity contribution is -0.142. The van der Waals surface area contributed by atoms with Crippen molar-refractivity contribution in [2.24, 2.45) is 10.9 Å². The second-order valence-electron chi connectivity index (χ2n) is 2.84. The molecule has 2 rings (SSSR count). The third-order valence-corrected chi connectivity index (χ3v) is 2.11. The van der Waals surface area contributed by atoms with E-state index in [2.05, 4.69) is 9.73 Å². The molecule has 0 bridgehead atoms. The summed E-state index contributed by atoms with van der Waals surface area (Å²) in [4.78, 5) is 15.4. The fourth-order valence-electron chi connectivity index (χ4n) is 1.45. The van der Waals surface area contributed by atoms with E-state index in [4.69, 9.17) is 0 Å². The number of carbonyl (C=O) groups is 1. The van der Waals surface area contributed by atoms with Gasteiger partial charge in [0, 0.05) is 6.21 Å². The highest BCUT2D eigenvalue weighted by Gasteiger charge is 2.26. The third kappa shape index (κ3) is 1.22. The molecule has 66 valence electrons. The predicted octanol–water partition coefficient (Wildman–Crippen LogP) is 1.24. The Balaban J connectivity index is 2.30. The number of aliphatic imine (C=N–C) groups is 1. The van der Waals surface area contributed by atoms with Crippen molar-refractivity contribution < 1.29 is 9.53 Å². The van der Waals surface area contributed by atoms with Crippen LogP contribution < -0.4 is 0 Å². The predicted molar refractivity (Wildman–Crippen MR) is 49.3 cm³/mol. The van der Waals surface area contributed by atoms with E-state index < -0.39 is 0 Å². The van der Waals surface area contributed by atoms with Gasteiger partial charge in [-0.15, -0.1) is 0 Å². The standard InChI is InChI=1S/C10H9NO2/c1-13-10(12)8-3-2-4-9-7(8)5-6-11-9/h2-6,8H,1H3/t8-/m0/s1. The zero-order chi connectivity index (χ0) is 9.26. The highest BCUT2D eigenvalue weighted by atomic mass is 16.5. The number of methoxy groups -OCH3 is 1. The first-order valence-electron chi connectivity index (χ1n) is 4.04. The van der Waals surface area contributed by atoms with Crippen molar-refractivity contribution in [1.29, 1.82) is 0 Å². The summed E-state index contributed by atoms with van der Waals surface area (Å²) in [7, 11) is 1.39. The van der Waals surface area contributed by atoms with Crippen LogP contribution in [-0.2, 0) is 9.53 Å². The van der Waals surface area contributed by atoms with Gasteiger partial charge in [0.05, 0.1) is 12.8 Å². The number of allylic oxidation sites excluding steroid dienone is 4. The Morgan fingerprint density at radius 2 is 2.38 bits per heavy atom. The molecule has 1 aliphatic heterocycles. The van der Waals surface area contributed by atoms with E-state index in [0.29, 0.717) is 0 Å². The van der Waals surface area contributed by atoms with E-state index >= 15 is 0 Å². The molecule has 1 atom stereocenters. The lowest BCUT2D eigenvalue weighted by atomic mass is 9.93. The summed E-state index contributed by atoms with van der Waals surface area (Å²) in [5, 5.41) is 0. The summed E-state index contributed by atoms with van der Waals surface area (Å²) in [6.07, 6.45) is 9.07. The van der Waals surface area contributed by atoms with Gasteiger partial charge in [-0.2, -0.15) is 0 Å². The van der Waals surface area contributed by atoms with Crippen LogP contribution in [0.1, 0.15) is 0 Å². The normalized spacial score (nSPS) is 23.6. The van der Waals surface area contributed by atoms with E-state index in [9.17, 15) is 4.79 Å². The zero-order valence-corrected chi connectivity index (χ0v) is 7.23. The molecule has 0 spiro atoms. The summed E-state index contributed by atoms with van der Waals surface area (Å²) >= 11 is 0. The van der Waals surface area contributed by atoms with Gasteiger partial charge < -0.3 is 4.74 Å². The molecule has 0 saturated carbocycles. The monoisotopic (exact) mass is 175 g/mol. The molecular formula is C10H9NO2. The van der Waals surface area contributed by atoms with Crippen LogP contribution in [0.4, 0.5) is 0 Å². The fourth-order valence-corrected chi connectivity index (χ4v) is 1.45. The first-order valence-corrected chi connectivity index (χ1v) is 4.04. The Kier molecular flexibility index (Phi) is 1.85. The summed E-state index contributed by atoms with van der Waals surface area (Å²) in [6.45, 7) is 0. The smallest absolute Gasteiger partial charge is 0.317 e. The van der Waals surface area contributed by atoms with Crippen molar-refractivity contribution in [3.63, 3.8) is 0 Å². The van der Waals surface area contributed by atoms with Crippen molar-refractivity contribution in [3.8, 4) is 0 Å². The minimum absolute atomic E-state index is 0.237. The van der Waals surface area contributed by atoms with Gasteiger partial charge in [-0.1, -0.05) is 12.2 Å². The van der Waals surface area contributed by atoms with Crippen molar-refractivity contribution in [1.82, 2.24) is 0 Å². The van der Waals surface area contributed by atoms with Crippen molar-refractivity contribution in [2.45, 2.75) is 0 Å². The van der Waals surface area contributed by atoms with E-state index in [1.54, 1.807) is 6.21 Å². The van der Waals surface area contributed by atoms with Crippen LogP contribution in [-0.4, -0.2) is 19.3 Å². The molecule has 0 unspecified atom stereocenters. The van der Waals surface area contributed by atoms with Gasteiger partial charge in [0.15, 0.2) is 0 Å². The third-order valence-electron chi connectivity index (χ3n) is 2.11. The number of ether oxygens (including phenoxy) is 1. The Morgan fingerprint density at radius 3 is 3.15 bits per heavy atom. The average molecular weight is 175 g/mol. The molecule has 0 amide bonds. The van der Waals surface area contributed by atoms with E-state index in [1.807, 2.05) is 24.3 Å². The van der Waals surface area contributed by atoms with Crippen LogP contribution in [0.2, 0.25) is 0 Å². The first kappa shape index (κ1) is 7.98. The highest BCUT2D eigenvalue weighted by Crippen LogP contribution is 2.29. The van der Waals surface area contributed by atoms with Crippen LogP contribution in [0.25, 0.3) is 0 Å². The van der Waals surface area contributed by atoms with Crippen LogP contribution in [0.3, 0.4) is 0 Å². The minimum Gasteiger partial charge on any atom is -0.468 e. The molecule has 13 heavy (non-hydrogen) atoms. The van der Waals surface area contributed by atoms with Crippen LogP contribution >= 0.6 is 0 Å². The molecule has 1 aliphatic carbocycles. The maximum atomic E-state index is 11.3. The van der Waals surface area contributed by atoms with Gasteiger partial charge in [-0.05, 0) is 17.7 Å². The Morgan fingerprint density at radius 1 is 1.54 bits per heavy atom. The molecule has 1 heterocycles. The molecule has 3 nitrogen and oxygen atoms in total. The van der Waals surface area contributed by atoms with Crippen LogP contribution in [0.15, 0.2) is 40.6 Å². The summed E-state index contributed by atoms with van der Waals surface area (Å²) in [6, 6.07) is 0. The molecule has 0 aromatic rings. The zero-order valence-electron chi connectivity index (χ0n) is 7.23. The van der Waals surface area contributed by atoms with Crippen LogP contribution in [0, 0.1) is 5.92 Å². The highest BCUT2D eigenvalue weighted by molar-refractivity contribution is 5.87. The Hall–Kier alpha value is -1.64. The maximum Gasteiger partial charge on any atom is 0.317 e. The number of carbonyl (C=O) groups excluding carboxylic acids is 1. The summed E-state index contributed by atoms with van der Waals surface area (Å²) in [5.41, 5.74) is 1.78. The number of hydrogen-bond donors (Lipinski definition) is 0. The van der Waals surface area contributed by atoms with E-state index in [1.165, 1.54) is 7.11 Å². The molecule has 0 saturated heterocycles. The lowest BCUT2D eigenvalue weighted by Crippen LogP contribution is -2.17. The molecule has 3 heteroatoms. The van der Waals surface area contributed by atoms with Gasteiger partial charge >= 0.3 is 5.97 Å². The number of esters is 1. The molecule has 0 aromatic heterocycles. The number of nitrogens with zero attached hydrogens (tertiary/aromatic N) is 1. The molecule has 0 N–H and O–H groups in total. The largest absolute Gasteiger partial charge is 0.468 e. The summed E-state index contributed by atoms with van der Waals surface area (Å²) < 4.78 is 4.68. The number of fused-ring (bicyclic) bond motifs is 1. The molecule has 0 radical (unpaired) electrons. The molecular weight excluding hydrogens is 166 g/mol. The quantitative estimate of drug-likeness (QED) is 0.562. The SMILES string of the molecule is COC(=O)[C@H]1C=CC=C2N=CC=C21. The van der Waals surface area contributed by atoms with Crippen LogP contribution in [0.5, 0.6) is 0 Å². The fraction of sp³-hybridized carbons (Fsp3) is 0.200. The van der Waals surface area contributed by atoms with Gasteiger partial charge in [-0.3, -0.25) is 9.79 Å². The van der Waals surface area contributed by atoms with E-state index in [-0.39, 0.29) is 11.9 Å². The number of rotatable bonds is 1. The van der Waals surface area contributed by atoms with Gasteiger partial charge in [0.2, 0.25) is 0 Å². The lowest BCUT2D eigenvalue weighted by Gasteiger charge is -2.15. The molecule has 0 fully saturated rings. The first-order chi connectivity index (χ1) is 6.33. The topological polar surface area (TPSA) is 38.7 Å². The average Bonchev–Trinajstić information content (AvgIpc) is 2.63. The summed E-state index contributed by atoms with van der Waals surface area (Å²) in [5.74, 6) is -0.522. The second-order valence-corrected chi connectivity index (χ2v) is 2.84. The van der Waals surface area contributed by atoms with Crippen molar-refractivity contribution in [2.75, 3.05) is 7.11 Å². The Bertz CT molecular complexity index is 361. The van der Waals surface area contributed by atoms with Crippen molar-refractivity contribution >= 4 is 12.2 Å². The van der Waals surface area contributed by atoms with Gasteiger partial charge in [0.1, 0.15) is 5.92 Å². The number of hydrogen-bond acceptors (Lipinski definition) is 3. The minimum atomic E-state index is -0.285. The maximum absolute atomic E-state index is 11.3. The molecule has 2 aliphatic rings. The molecule has 0 aromatic carbocycles. The van der Waals surface area contributed by atoms with E-state index in [0.717, 1.165) is 11.3 Å².